The smallest absolute Gasteiger partial charge is 0.414 e. The van der Waals surface area contributed by atoms with Crippen LogP contribution in [0.3, 0.4) is 0 Å². The van der Waals surface area contributed by atoms with E-state index < -0.39 is 10.5 Å². The topological polar surface area (TPSA) is 109 Å². The van der Waals surface area contributed by atoms with Gasteiger partial charge in [0.1, 0.15) is 30.3 Å². The van der Waals surface area contributed by atoms with Crippen molar-refractivity contribution in [3.63, 3.8) is 0 Å². The first kappa shape index (κ1) is 22.9. The summed E-state index contributed by atoms with van der Waals surface area (Å²) in [6, 6.07) is 8.30. The van der Waals surface area contributed by atoms with Crippen molar-refractivity contribution in [2.24, 2.45) is 0 Å². The lowest BCUT2D eigenvalue weighted by Gasteiger charge is -2.33. The summed E-state index contributed by atoms with van der Waals surface area (Å²) in [5.41, 5.74) is 0.750. The average molecular weight is 459 g/mol. The molecule has 2 aromatic rings. The van der Waals surface area contributed by atoms with Crippen molar-refractivity contribution in [1.29, 1.82) is 0 Å². The van der Waals surface area contributed by atoms with E-state index in [1.807, 2.05) is 32.9 Å². The zero-order valence-corrected chi connectivity index (χ0v) is 19.2. The van der Waals surface area contributed by atoms with Crippen molar-refractivity contribution >= 4 is 11.9 Å². The molecule has 0 unspecified atom stereocenters. The van der Waals surface area contributed by atoms with Gasteiger partial charge < -0.3 is 29.2 Å². The molecule has 1 saturated heterocycles. The summed E-state index contributed by atoms with van der Waals surface area (Å²) in [5.74, 6) is 0.932. The number of nitro groups is 1. The molecule has 10 nitrogen and oxygen atoms in total. The molecule has 0 bridgehead atoms. The summed E-state index contributed by atoms with van der Waals surface area (Å²) >= 11 is 0. The molecule has 2 aliphatic heterocycles. The predicted molar refractivity (Wildman–Crippen MR) is 120 cm³/mol. The van der Waals surface area contributed by atoms with Gasteiger partial charge in [-0.25, -0.2) is 4.79 Å². The quantitative estimate of drug-likeness (QED) is 0.489. The van der Waals surface area contributed by atoms with Crippen molar-refractivity contribution in [2.75, 3.05) is 19.7 Å². The number of aromatic nitrogens is 2. The molecule has 1 aromatic heterocycles. The third kappa shape index (κ3) is 5.74. The fourth-order valence-electron chi connectivity index (χ4n) is 4.08. The molecule has 0 spiro atoms. The number of hydrogen-bond acceptors (Lipinski definition) is 7. The zero-order valence-electron chi connectivity index (χ0n) is 19.2. The van der Waals surface area contributed by atoms with Crippen LogP contribution in [0.1, 0.15) is 51.5 Å². The summed E-state index contributed by atoms with van der Waals surface area (Å²) in [6.45, 7) is 7.95. The number of rotatable bonds is 5. The molecule has 1 atom stereocenters. The van der Waals surface area contributed by atoms with Crippen LogP contribution in [-0.2, 0) is 11.3 Å². The van der Waals surface area contributed by atoms with E-state index in [1.165, 1.54) is 11.8 Å². The van der Waals surface area contributed by atoms with E-state index >= 15 is 0 Å². The van der Waals surface area contributed by atoms with Crippen LogP contribution in [0.4, 0.5) is 10.6 Å². The van der Waals surface area contributed by atoms with Gasteiger partial charge in [0.25, 0.3) is 0 Å². The molecule has 0 radical (unpaired) electrons. The number of amides is 1. The second kappa shape index (κ2) is 9.29. The van der Waals surface area contributed by atoms with Gasteiger partial charge in [-0.3, -0.25) is 4.57 Å². The number of aryl methyl sites for hydroxylation is 1. The minimum Gasteiger partial charge on any atom is -0.490 e. The lowest BCUT2D eigenvalue weighted by atomic mass is 9.89. The summed E-state index contributed by atoms with van der Waals surface area (Å²) in [4.78, 5) is 28.3. The molecular formula is C23H30N4O6. The van der Waals surface area contributed by atoms with Crippen molar-refractivity contribution in [1.82, 2.24) is 14.5 Å². The Bertz CT molecular complexity index is 989. The van der Waals surface area contributed by atoms with E-state index in [9.17, 15) is 14.9 Å². The Kier molecular flexibility index (Phi) is 6.44. The standard InChI is InChI=1S/C23H30N4O6/c1-23(2,3)33-22(28)25-11-8-17(9-12-25)16-4-6-18(7-5-16)31-15-19-10-13-26-14-20(27(29)30)24-21(26)32-19/h4-7,14,17,19H,8-13,15H2,1-3H3/t19-/m1/s1. The van der Waals surface area contributed by atoms with Crippen LogP contribution in [0.15, 0.2) is 30.5 Å². The lowest BCUT2D eigenvalue weighted by Crippen LogP contribution is -2.41. The molecule has 1 fully saturated rings. The zero-order chi connectivity index (χ0) is 23.6. The number of carbonyl (C=O) groups excluding carboxylic acids is 1. The van der Waals surface area contributed by atoms with Crippen molar-refractivity contribution in [2.45, 2.75) is 64.2 Å². The fraction of sp³-hybridized carbons (Fsp3) is 0.565. The van der Waals surface area contributed by atoms with E-state index in [2.05, 4.69) is 17.1 Å². The third-order valence-corrected chi connectivity index (χ3v) is 5.81. The molecule has 33 heavy (non-hydrogen) atoms. The minimum absolute atomic E-state index is 0.209. The Labute approximate surface area is 192 Å². The second-order valence-corrected chi connectivity index (χ2v) is 9.48. The average Bonchev–Trinajstić information content (AvgIpc) is 3.21. The third-order valence-electron chi connectivity index (χ3n) is 5.81. The number of carbonyl (C=O) groups is 1. The molecule has 0 saturated carbocycles. The predicted octanol–water partition coefficient (Wildman–Crippen LogP) is 4.14. The van der Waals surface area contributed by atoms with Crippen molar-refractivity contribution in [3.05, 3.63) is 46.1 Å². The number of likely N-dealkylation sites (tertiary alicyclic amines) is 1. The van der Waals surface area contributed by atoms with Gasteiger partial charge in [0.05, 0.1) is 0 Å². The Morgan fingerprint density at radius 3 is 2.52 bits per heavy atom. The minimum atomic E-state index is -0.525. The Hall–Kier alpha value is -3.30. The first-order chi connectivity index (χ1) is 15.7. The monoisotopic (exact) mass is 458 g/mol. The van der Waals surface area contributed by atoms with Crippen LogP contribution in [-0.4, -0.2) is 56.9 Å². The Balaban J connectivity index is 1.25. The molecule has 1 amide bonds. The van der Waals surface area contributed by atoms with Crippen molar-refractivity contribution < 1.29 is 23.9 Å². The maximum absolute atomic E-state index is 12.2. The molecule has 178 valence electrons. The number of fused-ring (bicyclic) bond motifs is 1. The maximum atomic E-state index is 12.2. The molecular weight excluding hydrogens is 428 g/mol. The number of ether oxygens (including phenoxy) is 3. The molecule has 2 aliphatic rings. The highest BCUT2D eigenvalue weighted by atomic mass is 16.6. The van der Waals surface area contributed by atoms with Gasteiger partial charge in [-0.15, -0.1) is 0 Å². The van der Waals surface area contributed by atoms with Crippen LogP contribution in [0.2, 0.25) is 0 Å². The SMILES string of the molecule is CC(C)(C)OC(=O)N1CCC(c2ccc(OC[C@H]3CCn4cc([N+](=O)[O-])nc4O3)cc2)CC1. The lowest BCUT2D eigenvalue weighted by molar-refractivity contribution is -0.389. The van der Waals surface area contributed by atoms with E-state index in [-0.39, 0.29) is 24.0 Å². The molecule has 3 heterocycles. The number of benzene rings is 1. The molecule has 0 aliphatic carbocycles. The van der Waals surface area contributed by atoms with Crippen LogP contribution in [0.5, 0.6) is 11.8 Å². The number of hydrogen-bond donors (Lipinski definition) is 0. The summed E-state index contributed by atoms with van der Waals surface area (Å²) < 4.78 is 18.7. The first-order valence-corrected chi connectivity index (χ1v) is 11.3. The van der Waals surface area contributed by atoms with E-state index in [4.69, 9.17) is 14.2 Å². The van der Waals surface area contributed by atoms with Crippen LogP contribution < -0.4 is 9.47 Å². The first-order valence-electron chi connectivity index (χ1n) is 11.3. The highest BCUT2D eigenvalue weighted by molar-refractivity contribution is 5.68. The van der Waals surface area contributed by atoms with E-state index in [1.54, 1.807) is 9.47 Å². The van der Waals surface area contributed by atoms with Crippen LogP contribution >= 0.6 is 0 Å². The Morgan fingerprint density at radius 1 is 1.18 bits per heavy atom. The highest BCUT2D eigenvalue weighted by Crippen LogP contribution is 2.30. The molecule has 0 N–H and O–H groups in total. The van der Waals surface area contributed by atoms with Gasteiger partial charge in [0, 0.05) is 31.0 Å². The number of piperidine rings is 1. The highest BCUT2D eigenvalue weighted by Gasteiger charge is 2.29. The number of nitrogens with zero attached hydrogens (tertiary/aromatic N) is 4. The van der Waals surface area contributed by atoms with Gasteiger partial charge in [0.2, 0.25) is 0 Å². The maximum Gasteiger partial charge on any atom is 0.414 e. The summed E-state index contributed by atoms with van der Waals surface area (Å²) in [7, 11) is 0. The molecule has 1 aromatic carbocycles. The fourth-order valence-corrected chi connectivity index (χ4v) is 4.08. The van der Waals surface area contributed by atoms with Gasteiger partial charge in [-0.2, -0.15) is 0 Å². The van der Waals surface area contributed by atoms with Crippen LogP contribution in [0, 0.1) is 10.1 Å². The molecule has 10 heteroatoms. The largest absolute Gasteiger partial charge is 0.490 e. The van der Waals surface area contributed by atoms with Gasteiger partial charge in [0.15, 0.2) is 0 Å². The van der Waals surface area contributed by atoms with E-state index in [0.717, 1.165) is 18.6 Å². The van der Waals surface area contributed by atoms with E-state index in [0.29, 0.717) is 38.6 Å². The Morgan fingerprint density at radius 2 is 1.88 bits per heavy atom. The van der Waals surface area contributed by atoms with Crippen LogP contribution in [0.25, 0.3) is 0 Å². The van der Waals surface area contributed by atoms with Crippen molar-refractivity contribution in [3.8, 4) is 11.8 Å². The second-order valence-electron chi connectivity index (χ2n) is 9.48. The van der Waals surface area contributed by atoms with Gasteiger partial charge >= 0.3 is 17.9 Å². The normalized spacial score (nSPS) is 18.9. The molecule has 4 rings (SSSR count). The summed E-state index contributed by atoms with van der Waals surface area (Å²) in [6.07, 6.45) is 3.42. The number of imidazole rings is 1. The summed E-state index contributed by atoms with van der Waals surface area (Å²) in [5, 5.41) is 10.9. The van der Waals surface area contributed by atoms with Gasteiger partial charge in [-0.1, -0.05) is 12.1 Å². The van der Waals surface area contributed by atoms with Gasteiger partial charge in [-0.05, 0) is 62.2 Å².